The number of rotatable bonds is 7. The fourth-order valence-electron chi connectivity index (χ4n) is 2.82. The van der Waals surface area contributed by atoms with Crippen LogP contribution in [0.1, 0.15) is 58.8 Å². The summed E-state index contributed by atoms with van der Waals surface area (Å²) in [5.41, 5.74) is 0. The lowest BCUT2D eigenvalue weighted by molar-refractivity contribution is -0.147. The van der Waals surface area contributed by atoms with E-state index in [9.17, 15) is 19.2 Å². The number of ether oxygens (including phenoxy) is 1. The van der Waals surface area contributed by atoms with Gasteiger partial charge in [-0.3, -0.25) is 19.2 Å². The van der Waals surface area contributed by atoms with Crippen molar-refractivity contribution in [3.8, 4) is 0 Å². The van der Waals surface area contributed by atoms with Gasteiger partial charge in [0, 0.05) is 31.1 Å². The number of esters is 1. The van der Waals surface area contributed by atoms with Crippen LogP contribution < -0.4 is 0 Å². The summed E-state index contributed by atoms with van der Waals surface area (Å²) in [5.74, 6) is -0.999. The highest BCUT2D eigenvalue weighted by Crippen LogP contribution is 2.28. The molecule has 0 aromatic heterocycles. The number of carbonyl (C=O) groups is 4. The Bertz CT molecular complexity index is 440. The molecular formula is C17H26O5. The Morgan fingerprint density at radius 3 is 2.55 bits per heavy atom. The average molecular weight is 310 g/mol. The Balaban J connectivity index is 2.48. The highest BCUT2D eigenvalue weighted by atomic mass is 16.5. The highest BCUT2D eigenvalue weighted by molar-refractivity contribution is 5.90. The summed E-state index contributed by atoms with van der Waals surface area (Å²) in [7, 11) is 1.33. The maximum Gasteiger partial charge on any atom is 0.309 e. The van der Waals surface area contributed by atoms with Gasteiger partial charge in [0.25, 0.3) is 0 Å². The molecule has 0 radical (unpaired) electrons. The molecule has 0 aromatic carbocycles. The van der Waals surface area contributed by atoms with Crippen LogP contribution in [0.2, 0.25) is 0 Å². The van der Waals surface area contributed by atoms with Crippen molar-refractivity contribution in [2.24, 2.45) is 17.8 Å². The van der Waals surface area contributed by atoms with E-state index in [0.717, 1.165) is 6.42 Å². The lowest BCUT2D eigenvalue weighted by atomic mass is 9.90. The zero-order valence-electron chi connectivity index (χ0n) is 13.7. The van der Waals surface area contributed by atoms with E-state index in [1.54, 1.807) is 0 Å². The van der Waals surface area contributed by atoms with Crippen LogP contribution in [0.15, 0.2) is 0 Å². The molecule has 0 bridgehead atoms. The van der Waals surface area contributed by atoms with Gasteiger partial charge in [0.2, 0.25) is 0 Å². The van der Waals surface area contributed by atoms with Crippen LogP contribution >= 0.6 is 0 Å². The topological polar surface area (TPSA) is 77.5 Å². The molecule has 124 valence electrons. The van der Waals surface area contributed by atoms with Crippen molar-refractivity contribution in [3.63, 3.8) is 0 Å². The second kappa shape index (κ2) is 8.81. The summed E-state index contributed by atoms with van der Waals surface area (Å²) in [6.45, 7) is 3.34. The lowest BCUT2D eigenvalue weighted by Gasteiger charge is -2.13. The summed E-state index contributed by atoms with van der Waals surface area (Å²) < 4.78 is 4.71. The molecule has 1 rings (SSSR count). The Hall–Kier alpha value is -1.52. The monoisotopic (exact) mass is 310 g/mol. The quantitative estimate of drug-likeness (QED) is 0.533. The molecule has 22 heavy (non-hydrogen) atoms. The number of hydrogen-bond donors (Lipinski definition) is 0. The fraction of sp³-hybridized carbons (Fsp3) is 0.765. The minimum Gasteiger partial charge on any atom is -0.469 e. The number of ketones is 3. The molecule has 0 aromatic rings. The van der Waals surface area contributed by atoms with Crippen molar-refractivity contribution in [1.29, 1.82) is 0 Å². The molecule has 0 amide bonds. The molecule has 0 aliphatic heterocycles. The number of carbonyl (C=O) groups excluding carboxylic acids is 4. The van der Waals surface area contributed by atoms with E-state index >= 15 is 0 Å². The minimum absolute atomic E-state index is 0.0131. The van der Waals surface area contributed by atoms with Crippen molar-refractivity contribution >= 4 is 23.3 Å². The third-order valence-electron chi connectivity index (χ3n) is 4.57. The van der Waals surface area contributed by atoms with Gasteiger partial charge in [-0.25, -0.2) is 0 Å². The molecular weight excluding hydrogens is 284 g/mol. The predicted octanol–water partition coefficient (Wildman–Crippen LogP) is 2.50. The molecule has 2 unspecified atom stereocenters. The SMILES string of the molecule is COC(=O)C1CCCC(CC(=O)CC[C@H](C)C(C)=O)C(=O)C1. The van der Waals surface area contributed by atoms with Crippen molar-refractivity contribution in [3.05, 3.63) is 0 Å². The Morgan fingerprint density at radius 1 is 1.27 bits per heavy atom. The molecule has 0 N–H and O–H groups in total. The van der Waals surface area contributed by atoms with Gasteiger partial charge in [0.1, 0.15) is 17.3 Å². The molecule has 1 aliphatic rings. The predicted molar refractivity (Wildman–Crippen MR) is 81.2 cm³/mol. The summed E-state index contributed by atoms with van der Waals surface area (Å²) >= 11 is 0. The zero-order valence-corrected chi connectivity index (χ0v) is 13.7. The number of hydrogen-bond acceptors (Lipinski definition) is 5. The molecule has 0 saturated heterocycles. The van der Waals surface area contributed by atoms with Gasteiger partial charge in [0.05, 0.1) is 13.0 Å². The van der Waals surface area contributed by atoms with Crippen molar-refractivity contribution < 1.29 is 23.9 Å². The maximum atomic E-state index is 12.2. The normalized spacial score (nSPS) is 23.5. The Labute approximate surface area is 131 Å². The number of Topliss-reactive ketones (excluding diaryl/α,β-unsaturated/α-hetero) is 3. The summed E-state index contributed by atoms with van der Waals surface area (Å²) in [6.07, 6.45) is 3.34. The van der Waals surface area contributed by atoms with Crippen LogP contribution in [-0.4, -0.2) is 30.4 Å². The van der Waals surface area contributed by atoms with Gasteiger partial charge in [-0.15, -0.1) is 0 Å². The minimum atomic E-state index is -0.365. The molecule has 0 spiro atoms. The largest absolute Gasteiger partial charge is 0.469 e. The van der Waals surface area contributed by atoms with Gasteiger partial charge < -0.3 is 4.74 Å². The average Bonchev–Trinajstić information content (AvgIpc) is 2.66. The van der Waals surface area contributed by atoms with Gasteiger partial charge in [-0.2, -0.15) is 0 Å². The molecule has 1 aliphatic carbocycles. The molecule has 5 heteroatoms. The molecule has 5 nitrogen and oxygen atoms in total. The molecule has 1 fully saturated rings. The van der Waals surface area contributed by atoms with E-state index in [0.29, 0.717) is 25.7 Å². The van der Waals surface area contributed by atoms with E-state index in [4.69, 9.17) is 4.74 Å². The first-order valence-electron chi connectivity index (χ1n) is 7.97. The van der Waals surface area contributed by atoms with Crippen LogP contribution in [0.4, 0.5) is 0 Å². The fourth-order valence-corrected chi connectivity index (χ4v) is 2.82. The second-order valence-electron chi connectivity index (χ2n) is 6.31. The summed E-state index contributed by atoms with van der Waals surface area (Å²) in [6, 6.07) is 0. The van der Waals surface area contributed by atoms with E-state index in [-0.39, 0.29) is 53.9 Å². The van der Waals surface area contributed by atoms with Gasteiger partial charge in [0.15, 0.2) is 0 Å². The number of methoxy groups -OCH3 is 1. The van der Waals surface area contributed by atoms with Crippen LogP contribution in [-0.2, 0) is 23.9 Å². The summed E-state index contributed by atoms with van der Waals surface area (Å²) in [4.78, 5) is 47.0. The van der Waals surface area contributed by atoms with Crippen molar-refractivity contribution in [2.75, 3.05) is 7.11 Å². The zero-order chi connectivity index (χ0) is 16.7. The smallest absolute Gasteiger partial charge is 0.309 e. The van der Waals surface area contributed by atoms with Crippen molar-refractivity contribution in [1.82, 2.24) is 0 Å². The molecule has 0 heterocycles. The highest BCUT2D eigenvalue weighted by Gasteiger charge is 2.31. The maximum absolute atomic E-state index is 12.2. The molecule has 1 saturated carbocycles. The third-order valence-corrected chi connectivity index (χ3v) is 4.57. The van der Waals surface area contributed by atoms with E-state index < -0.39 is 0 Å². The first kappa shape index (κ1) is 18.5. The lowest BCUT2D eigenvalue weighted by Crippen LogP contribution is -2.22. The summed E-state index contributed by atoms with van der Waals surface area (Å²) in [5, 5.41) is 0. The molecule has 3 atom stereocenters. The van der Waals surface area contributed by atoms with E-state index in [1.165, 1.54) is 14.0 Å². The van der Waals surface area contributed by atoms with Gasteiger partial charge in [-0.05, 0) is 26.2 Å². The van der Waals surface area contributed by atoms with Crippen LogP contribution in [0.25, 0.3) is 0 Å². The standard InChI is InChI=1S/C17H26O5/c1-11(12(2)18)7-8-15(19)9-13-5-4-6-14(10-16(13)20)17(21)22-3/h11,13-14H,4-10H2,1-3H3/t11-,13?,14?/m0/s1. The third kappa shape index (κ3) is 5.70. The first-order valence-corrected chi connectivity index (χ1v) is 7.97. The van der Waals surface area contributed by atoms with Crippen LogP contribution in [0.3, 0.4) is 0 Å². The van der Waals surface area contributed by atoms with Crippen LogP contribution in [0.5, 0.6) is 0 Å². The Morgan fingerprint density at radius 2 is 1.95 bits per heavy atom. The van der Waals surface area contributed by atoms with E-state index in [2.05, 4.69) is 0 Å². The van der Waals surface area contributed by atoms with Gasteiger partial charge >= 0.3 is 5.97 Å². The van der Waals surface area contributed by atoms with Gasteiger partial charge in [-0.1, -0.05) is 13.3 Å². The Kier molecular flexibility index (Phi) is 7.42. The van der Waals surface area contributed by atoms with Crippen molar-refractivity contribution in [2.45, 2.75) is 58.8 Å². The first-order chi connectivity index (χ1) is 10.3. The van der Waals surface area contributed by atoms with Crippen LogP contribution in [0, 0.1) is 17.8 Å². The second-order valence-corrected chi connectivity index (χ2v) is 6.31. The van der Waals surface area contributed by atoms with E-state index in [1.807, 2.05) is 6.92 Å².